The van der Waals surface area contributed by atoms with Crippen LogP contribution in [0, 0.1) is 5.82 Å². The number of pyridine rings is 1. The van der Waals surface area contributed by atoms with Gasteiger partial charge >= 0.3 is 0 Å². The number of nitrogens with zero attached hydrogens (tertiary/aromatic N) is 4. The molecule has 0 aliphatic heterocycles. The lowest BCUT2D eigenvalue weighted by molar-refractivity contribution is 0.357. The van der Waals surface area contributed by atoms with Crippen LogP contribution in [-0.4, -0.2) is 33.0 Å². The molecule has 3 rings (SSSR count). The number of rotatable bonds is 5. The molecular weight excluding hydrogens is 351 g/mol. The van der Waals surface area contributed by atoms with E-state index in [4.69, 9.17) is 0 Å². The van der Waals surface area contributed by atoms with Crippen LogP contribution in [0.3, 0.4) is 0 Å². The number of hydrogen-bond acceptors (Lipinski definition) is 6. The van der Waals surface area contributed by atoms with Gasteiger partial charge < -0.3 is 0 Å². The number of benzene rings is 1. The lowest BCUT2D eigenvalue weighted by Gasteiger charge is -2.27. The predicted octanol–water partition coefficient (Wildman–Crippen LogP) is 3.00. The van der Waals surface area contributed by atoms with Crippen molar-refractivity contribution in [2.75, 3.05) is 6.54 Å². The second-order valence-electron chi connectivity index (χ2n) is 5.21. The number of halogens is 1. The Kier molecular flexibility index (Phi) is 4.57. The fourth-order valence-corrected chi connectivity index (χ4v) is 4.58. The number of aromatic nitrogens is 3. The largest absolute Gasteiger partial charge is 0.245 e. The average Bonchev–Trinajstić information content (AvgIpc) is 3.03. The molecule has 0 amide bonds. The van der Waals surface area contributed by atoms with Crippen LogP contribution < -0.4 is 0 Å². The van der Waals surface area contributed by atoms with Crippen molar-refractivity contribution in [2.45, 2.75) is 24.8 Å². The Balaban J connectivity index is 1.99. The Labute approximate surface area is 143 Å². The lowest BCUT2D eigenvalue weighted by Crippen LogP contribution is -2.33. The van der Waals surface area contributed by atoms with Gasteiger partial charge in [0.05, 0.1) is 11.7 Å². The second-order valence-corrected chi connectivity index (χ2v) is 7.63. The zero-order valence-electron chi connectivity index (χ0n) is 13.0. The SMILES string of the molecule is CCN([C@@H](C)c1ccc(F)cc1)S(=O)(=O)c1cnc2nsnc2c1. The Hall–Kier alpha value is -1.97. The lowest BCUT2D eigenvalue weighted by atomic mass is 10.1. The Morgan fingerprint density at radius 3 is 2.62 bits per heavy atom. The van der Waals surface area contributed by atoms with Crippen molar-refractivity contribution in [1.82, 2.24) is 18.0 Å². The van der Waals surface area contributed by atoms with Gasteiger partial charge in [0.25, 0.3) is 0 Å². The van der Waals surface area contributed by atoms with Gasteiger partial charge in [-0.25, -0.2) is 17.8 Å². The van der Waals surface area contributed by atoms with E-state index in [0.717, 1.165) is 11.7 Å². The van der Waals surface area contributed by atoms with E-state index in [1.807, 2.05) is 0 Å². The van der Waals surface area contributed by atoms with E-state index < -0.39 is 16.1 Å². The summed E-state index contributed by atoms with van der Waals surface area (Å²) in [4.78, 5) is 4.12. The minimum absolute atomic E-state index is 0.0681. The first-order valence-electron chi connectivity index (χ1n) is 7.29. The summed E-state index contributed by atoms with van der Waals surface area (Å²) in [5.41, 5.74) is 1.59. The van der Waals surface area contributed by atoms with Crippen LogP contribution in [0.15, 0.2) is 41.4 Å². The van der Waals surface area contributed by atoms with Crippen LogP contribution >= 0.6 is 11.7 Å². The fraction of sp³-hybridized carbons (Fsp3) is 0.267. The molecule has 0 unspecified atom stereocenters. The molecule has 0 aliphatic carbocycles. The second kappa shape index (κ2) is 6.50. The van der Waals surface area contributed by atoms with Crippen molar-refractivity contribution in [3.8, 4) is 0 Å². The first kappa shape index (κ1) is 16.9. The molecule has 0 N–H and O–H groups in total. The molecule has 0 radical (unpaired) electrons. The molecule has 126 valence electrons. The maximum atomic E-state index is 13.1. The molecule has 0 spiro atoms. The van der Waals surface area contributed by atoms with E-state index in [1.54, 1.807) is 26.0 Å². The van der Waals surface area contributed by atoms with E-state index in [-0.39, 0.29) is 17.3 Å². The van der Waals surface area contributed by atoms with Crippen molar-refractivity contribution in [1.29, 1.82) is 0 Å². The Bertz CT molecular complexity index is 957. The molecule has 0 saturated heterocycles. The van der Waals surface area contributed by atoms with E-state index in [1.165, 1.54) is 28.7 Å². The third kappa shape index (κ3) is 3.02. The summed E-state index contributed by atoms with van der Waals surface area (Å²) in [5, 5.41) is 0. The smallest absolute Gasteiger partial charge is 0.233 e. The molecular formula is C15H15FN4O2S2. The van der Waals surface area contributed by atoms with Crippen molar-refractivity contribution in [2.24, 2.45) is 0 Å². The molecule has 0 saturated carbocycles. The molecule has 0 fully saturated rings. The highest BCUT2D eigenvalue weighted by Crippen LogP contribution is 2.28. The number of sulfonamides is 1. The summed E-state index contributed by atoms with van der Waals surface area (Å²) >= 11 is 0.984. The van der Waals surface area contributed by atoms with Gasteiger partial charge in [0.1, 0.15) is 16.2 Å². The quantitative estimate of drug-likeness (QED) is 0.694. The van der Waals surface area contributed by atoms with Gasteiger partial charge in [0, 0.05) is 18.8 Å². The van der Waals surface area contributed by atoms with Crippen molar-refractivity contribution in [3.63, 3.8) is 0 Å². The first-order chi connectivity index (χ1) is 11.4. The number of hydrogen-bond donors (Lipinski definition) is 0. The van der Waals surface area contributed by atoms with E-state index in [0.29, 0.717) is 16.7 Å². The van der Waals surface area contributed by atoms with Crippen LogP contribution in [0.1, 0.15) is 25.5 Å². The molecule has 2 aromatic heterocycles. The van der Waals surface area contributed by atoms with Gasteiger partial charge in [-0.2, -0.15) is 13.1 Å². The van der Waals surface area contributed by atoms with Crippen molar-refractivity contribution < 1.29 is 12.8 Å². The number of fused-ring (bicyclic) bond motifs is 1. The summed E-state index contributed by atoms with van der Waals surface area (Å²) < 4.78 is 48.4. The van der Waals surface area contributed by atoms with E-state index >= 15 is 0 Å². The predicted molar refractivity (Wildman–Crippen MR) is 89.6 cm³/mol. The van der Waals surface area contributed by atoms with E-state index in [9.17, 15) is 12.8 Å². The molecule has 0 aliphatic rings. The zero-order chi connectivity index (χ0) is 17.3. The van der Waals surface area contributed by atoms with Gasteiger partial charge in [-0.05, 0) is 30.7 Å². The highest BCUT2D eigenvalue weighted by atomic mass is 32.2. The molecule has 0 bridgehead atoms. The average molecular weight is 366 g/mol. The Morgan fingerprint density at radius 2 is 1.96 bits per heavy atom. The van der Waals surface area contributed by atoms with Crippen LogP contribution in [0.5, 0.6) is 0 Å². The normalized spacial score (nSPS) is 13.5. The highest BCUT2D eigenvalue weighted by Gasteiger charge is 2.29. The van der Waals surface area contributed by atoms with Gasteiger partial charge in [0.2, 0.25) is 10.0 Å². The zero-order valence-corrected chi connectivity index (χ0v) is 14.7. The molecule has 1 aromatic carbocycles. The van der Waals surface area contributed by atoms with Gasteiger partial charge in [0.15, 0.2) is 5.65 Å². The third-order valence-corrected chi connectivity index (χ3v) is 6.34. The summed E-state index contributed by atoms with van der Waals surface area (Å²) in [6.07, 6.45) is 1.29. The summed E-state index contributed by atoms with van der Waals surface area (Å²) in [5.74, 6) is -0.359. The molecule has 24 heavy (non-hydrogen) atoms. The standard InChI is InChI=1S/C15H15FN4O2S2/c1-3-20(10(2)11-4-6-12(16)7-5-11)24(21,22)13-8-14-15(17-9-13)19-23-18-14/h4-10H,3H2,1-2H3/t10-/m0/s1. The molecule has 1 atom stereocenters. The minimum atomic E-state index is -3.76. The molecule has 9 heteroatoms. The third-order valence-electron chi connectivity index (χ3n) is 3.79. The summed E-state index contributed by atoms with van der Waals surface area (Å²) in [7, 11) is -3.76. The van der Waals surface area contributed by atoms with Crippen LogP contribution in [0.4, 0.5) is 4.39 Å². The van der Waals surface area contributed by atoms with Gasteiger partial charge in [-0.3, -0.25) is 0 Å². The Morgan fingerprint density at radius 1 is 1.25 bits per heavy atom. The highest BCUT2D eigenvalue weighted by molar-refractivity contribution is 7.89. The maximum absolute atomic E-state index is 13.1. The van der Waals surface area contributed by atoms with Crippen molar-refractivity contribution >= 4 is 32.9 Å². The topological polar surface area (TPSA) is 76.1 Å². The maximum Gasteiger partial charge on any atom is 0.245 e. The molecule has 2 heterocycles. The van der Waals surface area contributed by atoms with Gasteiger partial charge in [-0.15, -0.1) is 0 Å². The van der Waals surface area contributed by atoms with Crippen molar-refractivity contribution in [3.05, 3.63) is 47.9 Å². The van der Waals surface area contributed by atoms with E-state index in [2.05, 4.69) is 13.7 Å². The van der Waals surface area contributed by atoms with Crippen LogP contribution in [0.2, 0.25) is 0 Å². The molecule has 3 aromatic rings. The van der Waals surface area contributed by atoms with Crippen LogP contribution in [0.25, 0.3) is 11.2 Å². The fourth-order valence-electron chi connectivity index (χ4n) is 2.50. The van der Waals surface area contributed by atoms with Gasteiger partial charge in [-0.1, -0.05) is 19.1 Å². The minimum Gasteiger partial charge on any atom is -0.233 e. The first-order valence-corrected chi connectivity index (χ1v) is 9.46. The summed E-state index contributed by atoms with van der Waals surface area (Å²) in [6, 6.07) is 6.85. The van der Waals surface area contributed by atoms with Crippen LogP contribution in [-0.2, 0) is 10.0 Å². The monoisotopic (exact) mass is 366 g/mol. The molecule has 6 nitrogen and oxygen atoms in total. The summed E-state index contributed by atoms with van der Waals surface area (Å²) in [6.45, 7) is 3.80.